The Morgan fingerprint density at radius 3 is 2.58 bits per heavy atom. The molecule has 0 saturated carbocycles. The highest BCUT2D eigenvalue weighted by atomic mass is 32.1. The maximum atomic E-state index is 5.82. The first-order chi connectivity index (χ1) is 11.6. The second kappa shape index (κ2) is 8.56. The highest BCUT2D eigenvalue weighted by Crippen LogP contribution is 2.27. The highest BCUT2D eigenvalue weighted by molar-refractivity contribution is 7.09. The van der Waals surface area contributed by atoms with Gasteiger partial charge in [0.2, 0.25) is 5.13 Å². The Kier molecular flexibility index (Phi) is 6.43. The summed E-state index contributed by atoms with van der Waals surface area (Å²) in [5.41, 5.74) is 0. The van der Waals surface area contributed by atoms with Crippen LogP contribution in [0.4, 0.5) is 5.13 Å². The molecule has 6 nitrogen and oxygen atoms in total. The van der Waals surface area contributed by atoms with Gasteiger partial charge in [-0.1, -0.05) is 0 Å². The van der Waals surface area contributed by atoms with Crippen molar-refractivity contribution in [1.82, 2.24) is 14.3 Å². The van der Waals surface area contributed by atoms with Crippen LogP contribution < -0.4 is 4.90 Å². The van der Waals surface area contributed by atoms with Crippen LogP contribution in [0.3, 0.4) is 0 Å². The molecule has 1 aromatic rings. The summed E-state index contributed by atoms with van der Waals surface area (Å²) in [5.74, 6) is 1.64. The van der Waals surface area contributed by atoms with Gasteiger partial charge in [0.25, 0.3) is 0 Å². The molecule has 2 unspecified atom stereocenters. The Morgan fingerprint density at radius 2 is 1.92 bits per heavy atom. The molecule has 0 aromatic carbocycles. The lowest BCUT2D eigenvalue weighted by Gasteiger charge is -2.37. The highest BCUT2D eigenvalue weighted by Gasteiger charge is 2.25. The van der Waals surface area contributed by atoms with Gasteiger partial charge in [-0.15, -0.1) is 0 Å². The fourth-order valence-corrected chi connectivity index (χ4v) is 4.53. The molecule has 3 rings (SSSR count). The summed E-state index contributed by atoms with van der Waals surface area (Å²) >= 11 is 1.50. The van der Waals surface area contributed by atoms with E-state index < -0.39 is 0 Å². The van der Waals surface area contributed by atoms with Crippen molar-refractivity contribution in [2.24, 2.45) is 5.92 Å². The Hall–Kier alpha value is -0.760. The number of hydrogen-bond acceptors (Lipinski definition) is 7. The first kappa shape index (κ1) is 18.0. The number of morpholine rings is 1. The van der Waals surface area contributed by atoms with Gasteiger partial charge in [-0.05, 0) is 45.6 Å². The summed E-state index contributed by atoms with van der Waals surface area (Å²) in [5, 5.41) is 1.05. The number of piperidine rings is 1. The molecule has 0 bridgehead atoms. The Bertz CT molecular complexity index is 495. The summed E-state index contributed by atoms with van der Waals surface area (Å²) in [4.78, 5) is 9.53. The molecule has 7 heteroatoms. The summed E-state index contributed by atoms with van der Waals surface area (Å²) < 4.78 is 15.3. The molecule has 3 heterocycles. The van der Waals surface area contributed by atoms with E-state index in [1.54, 1.807) is 7.11 Å². The standard InChI is InChI=1S/C17H30N4O2S/c1-13-10-20(11-14(2)23-13)7-4-15-5-8-21(9-6-15)17-18-16(12-22-3)19-24-17/h13-15H,4-12H2,1-3H3. The minimum absolute atomic E-state index is 0.370. The number of ether oxygens (including phenoxy) is 2. The largest absolute Gasteiger partial charge is 0.377 e. The van der Waals surface area contributed by atoms with E-state index in [0.717, 1.165) is 43.1 Å². The summed E-state index contributed by atoms with van der Waals surface area (Å²) in [6.07, 6.45) is 4.56. The topological polar surface area (TPSA) is 50.7 Å². The van der Waals surface area contributed by atoms with Crippen LogP contribution in [0.15, 0.2) is 0 Å². The van der Waals surface area contributed by atoms with Crippen molar-refractivity contribution in [3.63, 3.8) is 0 Å². The zero-order valence-electron chi connectivity index (χ0n) is 15.1. The van der Waals surface area contributed by atoms with Gasteiger partial charge in [-0.3, -0.25) is 4.90 Å². The third-order valence-electron chi connectivity index (χ3n) is 4.96. The lowest BCUT2D eigenvalue weighted by atomic mass is 9.93. The fraction of sp³-hybridized carbons (Fsp3) is 0.882. The van der Waals surface area contributed by atoms with Crippen molar-refractivity contribution in [1.29, 1.82) is 0 Å². The van der Waals surface area contributed by atoms with Gasteiger partial charge in [0.1, 0.15) is 6.61 Å². The van der Waals surface area contributed by atoms with Crippen LogP contribution in [0.2, 0.25) is 0 Å². The fourth-order valence-electron chi connectivity index (χ4n) is 3.81. The maximum Gasteiger partial charge on any atom is 0.205 e. The molecule has 24 heavy (non-hydrogen) atoms. The van der Waals surface area contributed by atoms with Crippen molar-refractivity contribution in [3.05, 3.63) is 5.82 Å². The molecule has 2 fully saturated rings. The van der Waals surface area contributed by atoms with Crippen LogP contribution in [0.5, 0.6) is 0 Å². The predicted octanol–water partition coefficient (Wildman–Crippen LogP) is 2.40. The van der Waals surface area contributed by atoms with Crippen LogP contribution in [0.25, 0.3) is 0 Å². The molecule has 0 aliphatic carbocycles. The molecule has 1 aromatic heterocycles. The van der Waals surface area contributed by atoms with Gasteiger partial charge in [0, 0.05) is 44.8 Å². The molecule has 2 aliphatic heterocycles. The van der Waals surface area contributed by atoms with E-state index in [9.17, 15) is 0 Å². The number of nitrogens with zero attached hydrogens (tertiary/aromatic N) is 4. The van der Waals surface area contributed by atoms with E-state index in [-0.39, 0.29) is 0 Å². The average molecular weight is 355 g/mol. The normalized spacial score (nSPS) is 26.9. The average Bonchev–Trinajstić information content (AvgIpc) is 3.02. The smallest absolute Gasteiger partial charge is 0.205 e. The van der Waals surface area contributed by atoms with Gasteiger partial charge in [0.15, 0.2) is 5.82 Å². The number of anilines is 1. The SMILES string of the molecule is COCc1nsc(N2CCC(CCN3CC(C)OC(C)C3)CC2)n1. The van der Waals surface area contributed by atoms with E-state index in [0.29, 0.717) is 18.8 Å². The lowest BCUT2D eigenvalue weighted by molar-refractivity contribution is -0.0690. The Balaban J connectivity index is 1.40. The molecule has 2 atom stereocenters. The third kappa shape index (κ3) is 4.88. The minimum atomic E-state index is 0.370. The van der Waals surface area contributed by atoms with Crippen molar-refractivity contribution >= 4 is 16.7 Å². The van der Waals surface area contributed by atoms with Crippen LogP contribution in [-0.4, -0.2) is 66.3 Å². The number of methoxy groups -OCH3 is 1. The summed E-state index contributed by atoms with van der Waals surface area (Å²) in [7, 11) is 1.68. The first-order valence-electron chi connectivity index (χ1n) is 9.08. The van der Waals surface area contributed by atoms with Crippen LogP contribution >= 0.6 is 11.5 Å². The maximum absolute atomic E-state index is 5.82. The van der Waals surface area contributed by atoms with Gasteiger partial charge in [-0.2, -0.15) is 4.37 Å². The molecule has 136 valence electrons. The van der Waals surface area contributed by atoms with Gasteiger partial charge in [-0.25, -0.2) is 4.98 Å². The van der Waals surface area contributed by atoms with Gasteiger partial charge < -0.3 is 14.4 Å². The van der Waals surface area contributed by atoms with Crippen LogP contribution in [0.1, 0.15) is 38.9 Å². The minimum Gasteiger partial charge on any atom is -0.377 e. The zero-order valence-corrected chi connectivity index (χ0v) is 15.9. The van der Waals surface area contributed by atoms with E-state index in [2.05, 4.69) is 33.0 Å². The second-order valence-electron chi connectivity index (χ2n) is 7.16. The van der Waals surface area contributed by atoms with Crippen LogP contribution in [0, 0.1) is 5.92 Å². The molecule has 2 saturated heterocycles. The molecule has 2 aliphatic rings. The monoisotopic (exact) mass is 354 g/mol. The van der Waals surface area contributed by atoms with Crippen LogP contribution in [-0.2, 0) is 16.1 Å². The molecule has 0 spiro atoms. The van der Waals surface area contributed by atoms with Crippen molar-refractivity contribution < 1.29 is 9.47 Å². The van der Waals surface area contributed by atoms with Gasteiger partial charge in [0.05, 0.1) is 12.2 Å². The summed E-state index contributed by atoms with van der Waals surface area (Å²) in [6, 6.07) is 0. The number of rotatable bonds is 6. The molecular formula is C17H30N4O2S. The predicted molar refractivity (Wildman–Crippen MR) is 96.6 cm³/mol. The third-order valence-corrected chi connectivity index (χ3v) is 5.78. The van der Waals surface area contributed by atoms with E-state index in [1.165, 1.54) is 37.3 Å². The summed E-state index contributed by atoms with van der Waals surface area (Å²) in [6.45, 7) is 10.4. The van der Waals surface area contributed by atoms with Crippen molar-refractivity contribution in [2.75, 3.05) is 44.7 Å². The number of hydrogen-bond donors (Lipinski definition) is 0. The van der Waals surface area contributed by atoms with E-state index in [4.69, 9.17) is 9.47 Å². The first-order valence-corrected chi connectivity index (χ1v) is 9.85. The zero-order chi connectivity index (χ0) is 16.9. The molecule has 0 radical (unpaired) electrons. The molecule has 0 amide bonds. The molecule has 0 N–H and O–H groups in total. The quantitative estimate of drug-likeness (QED) is 0.782. The van der Waals surface area contributed by atoms with Gasteiger partial charge >= 0.3 is 0 Å². The molecular weight excluding hydrogens is 324 g/mol. The van der Waals surface area contributed by atoms with E-state index in [1.807, 2.05) is 0 Å². The van der Waals surface area contributed by atoms with E-state index >= 15 is 0 Å². The van der Waals surface area contributed by atoms with Crippen molar-refractivity contribution in [2.45, 2.75) is 51.9 Å². The number of aromatic nitrogens is 2. The Morgan fingerprint density at radius 1 is 1.21 bits per heavy atom. The van der Waals surface area contributed by atoms with Crippen molar-refractivity contribution in [3.8, 4) is 0 Å². The second-order valence-corrected chi connectivity index (χ2v) is 7.89. The lowest BCUT2D eigenvalue weighted by Crippen LogP contribution is -2.46. The Labute approximate surface area is 149 Å².